The van der Waals surface area contributed by atoms with E-state index in [0.29, 0.717) is 5.75 Å². The second kappa shape index (κ2) is 8.37. The van der Waals surface area contributed by atoms with Crippen LogP contribution in [0.5, 0.6) is 0 Å². The van der Waals surface area contributed by atoms with Crippen LogP contribution in [0, 0.1) is 0 Å². The Morgan fingerprint density at radius 2 is 2.06 bits per heavy atom. The van der Waals surface area contributed by atoms with Gasteiger partial charge in [0.15, 0.2) is 0 Å². The third kappa shape index (κ3) is 4.49. The van der Waals surface area contributed by atoms with Crippen LogP contribution in [0.1, 0.15) is 11.5 Å². The number of hydrogen-bond donors (Lipinski definition) is 2. The molecule has 0 saturated heterocycles. The van der Waals surface area contributed by atoms with E-state index in [2.05, 4.69) is 6.58 Å². The molecule has 1 aromatic carbocycles. The molecule has 3 nitrogen and oxygen atoms in total. The highest BCUT2D eigenvalue weighted by Crippen LogP contribution is 2.29. The molecule has 0 saturated carbocycles. The van der Waals surface area contributed by atoms with E-state index in [1.807, 2.05) is 18.2 Å². The Morgan fingerprint density at radius 3 is 2.61 bits per heavy atom. The average molecular weight is 284 g/mol. The SMILES string of the molecule is C=CCSSC(=O)C(O)C(CO)c1ccccc1. The summed E-state index contributed by atoms with van der Waals surface area (Å²) in [5.41, 5.74) is 0.759. The Labute approximate surface area is 115 Å². The molecule has 0 aliphatic rings. The zero-order chi connectivity index (χ0) is 13.4. The Kier molecular flexibility index (Phi) is 7.12. The largest absolute Gasteiger partial charge is 0.396 e. The van der Waals surface area contributed by atoms with Crippen molar-refractivity contribution in [3.63, 3.8) is 0 Å². The van der Waals surface area contributed by atoms with Crippen LogP contribution in [-0.4, -0.2) is 33.8 Å². The van der Waals surface area contributed by atoms with Crippen LogP contribution < -0.4 is 0 Å². The number of aliphatic hydroxyl groups excluding tert-OH is 2. The van der Waals surface area contributed by atoms with E-state index in [4.69, 9.17) is 0 Å². The zero-order valence-corrected chi connectivity index (χ0v) is 11.5. The van der Waals surface area contributed by atoms with Crippen molar-refractivity contribution < 1.29 is 15.0 Å². The van der Waals surface area contributed by atoms with Crippen LogP contribution in [0.3, 0.4) is 0 Å². The smallest absolute Gasteiger partial charge is 0.228 e. The Hall–Kier alpha value is -0.750. The Balaban J connectivity index is 2.64. The molecule has 0 spiro atoms. The van der Waals surface area contributed by atoms with Crippen LogP contribution in [-0.2, 0) is 4.79 Å². The van der Waals surface area contributed by atoms with Gasteiger partial charge in [-0.3, -0.25) is 4.79 Å². The van der Waals surface area contributed by atoms with Crippen molar-refractivity contribution >= 4 is 26.7 Å². The van der Waals surface area contributed by atoms with Crippen LogP contribution in [0.25, 0.3) is 0 Å². The van der Waals surface area contributed by atoms with Crippen molar-refractivity contribution in [1.82, 2.24) is 0 Å². The third-order valence-electron chi connectivity index (χ3n) is 2.37. The van der Waals surface area contributed by atoms with Gasteiger partial charge in [0.2, 0.25) is 5.12 Å². The molecule has 0 aliphatic heterocycles. The predicted octanol–water partition coefficient (Wildman–Crippen LogP) is 2.22. The molecular weight excluding hydrogens is 268 g/mol. The molecule has 2 N–H and O–H groups in total. The van der Waals surface area contributed by atoms with Crippen LogP contribution in [0.4, 0.5) is 0 Å². The summed E-state index contributed by atoms with van der Waals surface area (Å²) in [5, 5.41) is 18.9. The normalized spacial score (nSPS) is 13.9. The lowest BCUT2D eigenvalue weighted by Gasteiger charge is -2.19. The molecule has 18 heavy (non-hydrogen) atoms. The standard InChI is InChI=1S/C13H16O3S2/c1-2-8-17-18-13(16)12(15)11(9-14)10-6-4-3-5-7-10/h2-7,11-12,14-15H,1,8-9H2. The summed E-state index contributed by atoms with van der Waals surface area (Å²) in [6.45, 7) is 3.29. The molecule has 0 heterocycles. The van der Waals surface area contributed by atoms with E-state index in [9.17, 15) is 15.0 Å². The van der Waals surface area contributed by atoms with Gasteiger partial charge >= 0.3 is 0 Å². The van der Waals surface area contributed by atoms with Crippen LogP contribution in [0.2, 0.25) is 0 Å². The Bertz CT molecular complexity index is 381. The van der Waals surface area contributed by atoms with Gasteiger partial charge in [-0.05, 0) is 16.4 Å². The predicted molar refractivity (Wildman–Crippen MR) is 77.5 cm³/mol. The van der Waals surface area contributed by atoms with Gasteiger partial charge in [0, 0.05) is 11.7 Å². The second-order valence-electron chi connectivity index (χ2n) is 3.62. The first-order valence-electron chi connectivity index (χ1n) is 5.48. The zero-order valence-electron chi connectivity index (χ0n) is 9.86. The van der Waals surface area contributed by atoms with Gasteiger partial charge in [-0.25, -0.2) is 0 Å². The fourth-order valence-corrected chi connectivity index (χ4v) is 3.12. The van der Waals surface area contributed by atoms with Crippen molar-refractivity contribution in [2.24, 2.45) is 0 Å². The lowest BCUT2D eigenvalue weighted by atomic mass is 9.95. The van der Waals surface area contributed by atoms with Gasteiger partial charge in [0.05, 0.1) is 6.61 Å². The minimum atomic E-state index is -1.19. The van der Waals surface area contributed by atoms with Crippen LogP contribution in [0.15, 0.2) is 43.0 Å². The van der Waals surface area contributed by atoms with Crippen molar-refractivity contribution in [1.29, 1.82) is 0 Å². The number of carbonyl (C=O) groups is 1. The molecular formula is C13H16O3S2. The summed E-state index contributed by atoms with van der Waals surface area (Å²) in [7, 11) is 2.31. The highest BCUT2D eigenvalue weighted by atomic mass is 33.1. The van der Waals surface area contributed by atoms with Crippen molar-refractivity contribution in [2.75, 3.05) is 12.4 Å². The molecule has 1 aromatic rings. The van der Waals surface area contributed by atoms with E-state index >= 15 is 0 Å². The highest BCUT2D eigenvalue weighted by Gasteiger charge is 2.27. The summed E-state index contributed by atoms with van der Waals surface area (Å²) >= 11 is 0. The maximum absolute atomic E-state index is 11.7. The summed E-state index contributed by atoms with van der Waals surface area (Å²) in [6.07, 6.45) is 0.498. The first-order chi connectivity index (χ1) is 8.70. The number of rotatable bonds is 7. The molecule has 0 radical (unpaired) electrons. The number of aliphatic hydroxyl groups is 2. The van der Waals surface area contributed by atoms with Gasteiger partial charge in [-0.1, -0.05) is 47.2 Å². The van der Waals surface area contributed by atoms with E-state index in [1.54, 1.807) is 18.2 Å². The molecule has 0 bridgehead atoms. The molecule has 0 aliphatic carbocycles. The molecule has 1 rings (SSSR count). The lowest BCUT2D eigenvalue weighted by Crippen LogP contribution is -2.28. The number of carbonyl (C=O) groups excluding carboxylic acids is 1. The van der Waals surface area contributed by atoms with Gasteiger partial charge < -0.3 is 10.2 Å². The number of hydrogen-bond acceptors (Lipinski definition) is 5. The average Bonchev–Trinajstić information content (AvgIpc) is 2.41. The monoisotopic (exact) mass is 284 g/mol. The summed E-state index contributed by atoms with van der Waals surface area (Å²) < 4.78 is 0. The molecule has 5 heteroatoms. The lowest BCUT2D eigenvalue weighted by molar-refractivity contribution is -0.119. The number of benzene rings is 1. The third-order valence-corrected chi connectivity index (χ3v) is 4.52. The van der Waals surface area contributed by atoms with Crippen molar-refractivity contribution in [2.45, 2.75) is 12.0 Å². The maximum Gasteiger partial charge on any atom is 0.228 e. The minimum absolute atomic E-state index is 0.260. The van der Waals surface area contributed by atoms with Gasteiger partial charge in [0.25, 0.3) is 0 Å². The highest BCUT2D eigenvalue weighted by molar-refractivity contribution is 8.82. The quantitative estimate of drug-likeness (QED) is 0.457. The first kappa shape index (κ1) is 15.3. The fraction of sp³-hybridized carbons (Fsp3) is 0.308. The Morgan fingerprint density at radius 1 is 1.39 bits per heavy atom. The van der Waals surface area contributed by atoms with Gasteiger partial charge in [-0.2, -0.15) is 0 Å². The van der Waals surface area contributed by atoms with Gasteiger partial charge in [-0.15, -0.1) is 6.58 Å². The van der Waals surface area contributed by atoms with Crippen LogP contribution >= 0.6 is 21.6 Å². The molecule has 2 unspecified atom stereocenters. The molecule has 2 atom stereocenters. The summed E-state index contributed by atoms with van der Waals surface area (Å²) in [4.78, 5) is 11.7. The minimum Gasteiger partial charge on any atom is -0.396 e. The first-order valence-corrected chi connectivity index (χ1v) is 7.80. The topological polar surface area (TPSA) is 57.5 Å². The van der Waals surface area contributed by atoms with E-state index in [1.165, 1.54) is 10.8 Å². The molecule has 0 fully saturated rings. The van der Waals surface area contributed by atoms with Gasteiger partial charge in [0.1, 0.15) is 6.10 Å². The molecule has 0 amide bonds. The molecule has 0 aromatic heterocycles. The fourth-order valence-electron chi connectivity index (χ4n) is 1.44. The summed E-state index contributed by atoms with van der Waals surface area (Å²) in [6, 6.07) is 9.06. The molecule has 98 valence electrons. The van der Waals surface area contributed by atoms with Crippen molar-refractivity contribution in [3.05, 3.63) is 48.6 Å². The van der Waals surface area contributed by atoms with E-state index < -0.39 is 12.0 Å². The van der Waals surface area contributed by atoms with Crippen molar-refractivity contribution in [3.8, 4) is 0 Å². The second-order valence-corrected chi connectivity index (χ2v) is 5.97. The van der Waals surface area contributed by atoms with E-state index in [0.717, 1.165) is 16.4 Å². The summed E-state index contributed by atoms with van der Waals surface area (Å²) in [5.74, 6) is 0.0636. The maximum atomic E-state index is 11.7. The van der Waals surface area contributed by atoms with E-state index in [-0.39, 0.29) is 11.7 Å².